The first-order chi connectivity index (χ1) is 8.74. The van der Waals surface area contributed by atoms with Gasteiger partial charge in [0, 0.05) is 12.8 Å². The van der Waals surface area contributed by atoms with Crippen LogP contribution < -0.4 is 10.1 Å². The molecule has 1 N–H and O–H groups in total. The highest BCUT2D eigenvalue weighted by Gasteiger charge is 2.46. The van der Waals surface area contributed by atoms with Crippen molar-refractivity contribution < 1.29 is 9.47 Å². The summed E-state index contributed by atoms with van der Waals surface area (Å²) in [6.07, 6.45) is 2.17. The van der Waals surface area contributed by atoms with E-state index in [4.69, 9.17) is 9.47 Å². The molecule has 0 spiro atoms. The molecule has 1 saturated carbocycles. The Kier molecular flexibility index (Phi) is 3.73. The van der Waals surface area contributed by atoms with Crippen LogP contribution in [0.25, 0.3) is 0 Å². The minimum absolute atomic E-state index is 0.379. The van der Waals surface area contributed by atoms with Gasteiger partial charge in [0.2, 0.25) is 0 Å². The van der Waals surface area contributed by atoms with Crippen molar-refractivity contribution in [3.8, 4) is 11.8 Å². The zero-order valence-corrected chi connectivity index (χ0v) is 10.8. The fourth-order valence-electron chi connectivity index (χ4n) is 2.14. The number of nitriles is 1. The molecule has 1 aliphatic rings. The maximum Gasteiger partial charge on any atom is 0.151 e. The average molecular weight is 246 g/mol. The highest BCUT2D eigenvalue weighted by Crippen LogP contribution is 2.41. The van der Waals surface area contributed by atoms with Crippen molar-refractivity contribution >= 4 is 5.69 Å². The number of nitrogens with one attached hydrogen (secondary N) is 1. The first kappa shape index (κ1) is 12.7. The number of rotatable bonds is 6. The van der Waals surface area contributed by atoms with Crippen LogP contribution in [0.15, 0.2) is 24.3 Å². The van der Waals surface area contributed by atoms with Crippen LogP contribution >= 0.6 is 0 Å². The topological polar surface area (TPSA) is 54.3 Å². The maximum atomic E-state index is 9.46. The lowest BCUT2D eigenvalue weighted by Gasteiger charge is -2.28. The van der Waals surface area contributed by atoms with Crippen molar-refractivity contribution in [3.63, 3.8) is 0 Å². The Bertz CT molecular complexity index is 434. The second-order valence-corrected chi connectivity index (χ2v) is 4.64. The van der Waals surface area contributed by atoms with Gasteiger partial charge in [-0.05, 0) is 43.0 Å². The van der Waals surface area contributed by atoms with Gasteiger partial charge >= 0.3 is 0 Å². The van der Waals surface area contributed by atoms with Crippen molar-refractivity contribution in [1.29, 1.82) is 5.26 Å². The molecule has 2 rings (SSSR count). The smallest absolute Gasteiger partial charge is 0.151 e. The Balaban J connectivity index is 2.15. The quantitative estimate of drug-likeness (QED) is 0.837. The normalized spacial score (nSPS) is 17.6. The van der Waals surface area contributed by atoms with Crippen molar-refractivity contribution in [2.45, 2.75) is 18.4 Å². The Labute approximate surface area is 108 Å². The number of ether oxygens (including phenoxy) is 2. The first-order valence-corrected chi connectivity index (χ1v) is 6.06. The molecule has 96 valence electrons. The highest BCUT2D eigenvalue weighted by atomic mass is 16.5. The van der Waals surface area contributed by atoms with Gasteiger partial charge in [-0.1, -0.05) is 0 Å². The van der Waals surface area contributed by atoms with E-state index < -0.39 is 5.54 Å². The Morgan fingerprint density at radius 1 is 1.33 bits per heavy atom. The van der Waals surface area contributed by atoms with E-state index >= 15 is 0 Å². The predicted molar refractivity (Wildman–Crippen MR) is 69.6 cm³/mol. The second kappa shape index (κ2) is 5.28. The molecule has 0 radical (unpaired) electrons. The van der Waals surface area contributed by atoms with Crippen LogP contribution in [0, 0.1) is 17.2 Å². The number of nitrogens with zero attached hydrogens (tertiary/aromatic N) is 1. The SMILES string of the molecule is COCC(C#N)(Nc1ccc(OC)cc1)C1CC1. The molecule has 1 aromatic rings. The molecule has 1 fully saturated rings. The molecule has 0 saturated heterocycles. The van der Waals surface area contributed by atoms with Gasteiger partial charge in [0.15, 0.2) is 5.54 Å². The van der Waals surface area contributed by atoms with Gasteiger partial charge in [0.25, 0.3) is 0 Å². The lowest BCUT2D eigenvalue weighted by atomic mass is 9.95. The van der Waals surface area contributed by atoms with E-state index in [9.17, 15) is 5.26 Å². The first-order valence-electron chi connectivity index (χ1n) is 6.06. The zero-order chi connectivity index (χ0) is 13.0. The minimum Gasteiger partial charge on any atom is -0.497 e. The summed E-state index contributed by atoms with van der Waals surface area (Å²) in [5, 5.41) is 12.8. The fourth-order valence-corrected chi connectivity index (χ4v) is 2.14. The lowest BCUT2D eigenvalue weighted by Crippen LogP contribution is -2.43. The van der Waals surface area contributed by atoms with E-state index in [-0.39, 0.29) is 0 Å². The Morgan fingerprint density at radius 3 is 2.44 bits per heavy atom. The molecule has 1 unspecified atom stereocenters. The summed E-state index contributed by atoms with van der Waals surface area (Å²) in [5.41, 5.74) is 0.310. The van der Waals surface area contributed by atoms with Crippen LogP contribution in [0.5, 0.6) is 5.75 Å². The molecule has 0 heterocycles. The van der Waals surface area contributed by atoms with Crippen molar-refractivity contribution in [3.05, 3.63) is 24.3 Å². The summed E-state index contributed by atoms with van der Waals surface area (Å²) in [6.45, 7) is 0.403. The minimum atomic E-state index is -0.608. The average Bonchev–Trinajstić information content (AvgIpc) is 3.24. The predicted octanol–water partition coefficient (Wildman–Crippen LogP) is 2.43. The Hall–Kier alpha value is -1.73. The van der Waals surface area contributed by atoms with Gasteiger partial charge in [0.05, 0.1) is 19.8 Å². The molecule has 1 atom stereocenters. The zero-order valence-electron chi connectivity index (χ0n) is 10.8. The molecule has 0 bridgehead atoms. The third-order valence-corrected chi connectivity index (χ3v) is 3.30. The van der Waals surface area contributed by atoms with Crippen LogP contribution in [-0.4, -0.2) is 26.4 Å². The number of methoxy groups -OCH3 is 2. The molecular weight excluding hydrogens is 228 g/mol. The van der Waals surface area contributed by atoms with Crippen molar-refractivity contribution in [2.75, 3.05) is 26.1 Å². The summed E-state index contributed by atoms with van der Waals surface area (Å²) in [4.78, 5) is 0. The van der Waals surface area contributed by atoms with Gasteiger partial charge < -0.3 is 14.8 Å². The molecule has 4 nitrogen and oxygen atoms in total. The van der Waals surface area contributed by atoms with Gasteiger partial charge in [-0.2, -0.15) is 5.26 Å². The highest BCUT2D eigenvalue weighted by molar-refractivity contribution is 5.51. The summed E-state index contributed by atoms with van der Waals surface area (Å²) in [7, 11) is 3.27. The number of hydrogen-bond acceptors (Lipinski definition) is 4. The largest absolute Gasteiger partial charge is 0.497 e. The van der Waals surface area contributed by atoms with Crippen molar-refractivity contribution in [1.82, 2.24) is 0 Å². The van der Waals surface area contributed by atoms with E-state index in [1.807, 2.05) is 24.3 Å². The van der Waals surface area contributed by atoms with Gasteiger partial charge in [-0.25, -0.2) is 0 Å². The summed E-state index contributed by atoms with van der Waals surface area (Å²) in [5.74, 6) is 1.19. The van der Waals surface area contributed by atoms with E-state index in [1.54, 1.807) is 14.2 Å². The Morgan fingerprint density at radius 2 is 2.00 bits per heavy atom. The fraction of sp³-hybridized carbons (Fsp3) is 0.500. The molecule has 4 heteroatoms. The molecular formula is C14H18N2O2. The summed E-state index contributed by atoms with van der Waals surface area (Å²) >= 11 is 0. The summed E-state index contributed by atoms with van der Waals surface area (Å²) in [6, 6.07) is 9.99. The second-order valence-electron chi connectivity index (χ2n) is 4.64. The molecule has 0 amide bonds. The molecule has 1 aliphatic carbocycles. The molecule has 18 heavy (non-hydrogen) atoms. The van der Waals surface area contributed by atoms with E-state index in [0.29, 0.717) is 12.5 Å². The van der Waals surface area contributed by atoms with Gasteiger partial charge in [-0.15, -0.1) is 0 Å². The maximum absolute atomic E-state index is 9.46. The van der Waals surface area contributed by atoms with Crippen LogP contribution in [-0.2, 0) is 4.74 Å². The molecule has 1 aromatic carbocycles. The molecule has 0 aliphatic heterocycles. The van der Waals surface area contributed by atoms with Crippen LogP contribution in [0.3, 0.4) is 0 Å². The number of anilines is 1. The van der Waals surface area contributed by atoms with Gasteiger partial charge in [-0.3, -0.25) is 0 Å². The third kappa shape index (κ3) is 2.57. The van der Waals surface area contributed by atoms with E-state index in [1.165, 1.54) is 0 Å². The standard InChI is InChI=1S/C14H18N2O2/c1-17-10-14(9-15,11-3-4-11)16-12-5-7-13(18-2)8-6-12/h5-8,11,16H,3-4,10H2,1-2H3. The molecule has 0 aromatic heterocycles. The van der Waals surface area contributed by atoms with E-state index in [2.05, 4.69) is 11.4 Å². The third-order valence-electron chi connectivity index (χ3n) is 3.30. The van der Waals surface area contributed by atoms with Gasteiger partial charge in [0.1, 0.15) is 5.75 Å². The number of benzene rings is 1. The number of hydrogen-bond donors (Lipinski definition) is 1. The summed E-state index contributed by atoms with van der Waals surface area (Å²) < 4.78 is 10.3. The van der Waals surface area contributed by atoms with Crippen LogP contribution in [0.1, 0.15) is 12.8 Å². The van der Waals surface area contributed by atoms with E-state index in [0.717, 1.165) is 24.3 Å². The lowest BCUT2D eigenvalue weighted by molar-refractivity contribution is 0.155. The van der Waals surface area contributed by atoms with Crippen LogP contribution in [0.2, 0.25) is 0 Å². The van der Waals surface area contributed by atoms with Crippen molar-refractivity contribution in [2.24, 2.45) is 5.92 Å². The van der Waals surface area contributed by atoms with Crippen LogP contribution in [0.4, 0.5) is 5.69 Å². The monoisotopic (exact) mass is 246 g/mol.